The fourth-order valence-electron chi connectivity index (χ4n) is 2.04. The second-order valence-corrected chi connectivity index (χ2v) is 5.82. The van der Waals surface area contributed by atoms with Crippen LogP contribution in [-0.4, -0.2) is 0 Å². The van der Waals surface area contributed by atoms with Crippen LogP contribution in [-0.2, 0) is 5.41 Å². The first-order valence-corrected chi connectivity index (χ1v) is 6.29. The zero-order chi connectivity index (χ0) is 13.3. The molecule has 0 amide bonds. The predicted molar refractivity (Wildman–Crippen MR) is 74.6 cm³/mol. The first-order chi connectivity index (χ1) is 8.39. The molecular formula is C16H21NO. The lowest BCUT2D eigenvalue weighted by atomic mass is 9.86. The van der Waals surface area contributed by atoms with Gasteiger partial charge in [-0.3, -0.25) is 0 Å². The minimum atomic E-state index is -0.186. The van der Waals surface area contributed by atoms with Crippen LogP contribution in [0.2, 0.25) is 0 Å². The molecule has 0 fully saturated rings. The van der Waals surface area contributed by atoms with E-state index in [9.17, 15) is 0 Å². The van der Waals surface area contributed by atoms with E-state index >= 15 is 0 Å². The van der Waals surface area contributed by atoms with Crippen LogP contribution in [0.5, 0.6) is 0 Å². The number of furan rings is 1. The standard InChI is InChI=1S/C16H21NO/c1-11-9-10-18-15(11)14(17)12-5-7-13(8-6-12)16(2,3)4/h5-10,14H,17H2,1-4H3. The largest absolute Gasteiger partial charge is 0.467 e. The minimum absolute atomic E-state index is 0.170. The number of aryl methyl sites for hydroxylation is 1. The van der Waals surface area contributed by atoms with E-state index in [4.69, 9.17) is 10.2 Å². The summed E-state index contributed by atoms with van der Waals surface area (Å²) in [5, 5.41) is 0. The van der Waals surface area contributed by atoms with E-state index in [1.165, 1.54) is 5.56 Å². The van der Waals surface area contributed by atoms with Gasteiger partial charge in [-0.15, -0.1) is 0 Å². The molecule has 1 atom stereocenters. The number of rotatable bonds is 2. The van der Waals surface area contributed by atoms with Gasteiger partial charge in [-0.05, 0) is 35.1 Å². The van der Waals surface area contributed by atoms with Gasteiger partial charge in [0.05, 0.1) is 12.3 Å². The van der Waals surface area contributed by atoms with Crippen molar-refractivity contribution in [2.45, 2.75) is 39.2 Å². The zero-order valence-electron chi connectivity index (χ0n) is 11.5. The summed E-state index contributed by atoms with van der Waals surface area (Å²) in [4.78, 5) is 0. The Balaban J connectivity index is 2.28. The summed E-state index contributed by atoms with van der Waals surface area (Å²) in [7, 11) is 0. The molecule has 0 saturated heterocycles. The van der Waals surface area contributed by atoms with Crippen LogP contribution in [0.3, 0.4) is 0 Å². The van der Waals surface area contributed by atoms with Crippen LogP contribution in [0.25, 0.3) is 0 Å². The van der Waals surface area contributed by atoms with Crippen LogP contribution in [0.15, 0.2) is 41.0 Å². The van der Waals surface area contributed by atoms with E-state index in [0.717, 1.165) is 16.9 Å². The van der Waals surface area contributed by atoms with Gasteiger partial charge in [0.1, 0.15) is 5.76 Å². The lowest BCUT2D eigenvalue weighted by Gasteiger charge is -2.20. The van der Waals surface area contributed by atoms with Gasteiger partial charge in [0.15, 0.2) is 0 Å². The summed E-state index contributed by atoms with van der Waals surface area (Å²) in [5.41, 5.74) is 9.90. The Morgan fingerprint density at radius 3 is 2.11 bits per heavy atom. The smallest absolute Gasteiger partial charge is 0.127 e. The highest BCUT2D eigenvalue weighted by Gasteiger charge is 2.17. The second-order valence-electron chi connectivity index (χ2n) is 5.82. The van der Waals surface area contributed by atoms with Crippen LogP contribution < -0.4 is 5.73 Å². The summed E-state index contributed by atoms with van der Waals surface area (Å²) in [6, 6.07) is 10.2. The molecule has 2 rings (SSSR count). The maximum atomic E-state index is 6.23. The van der Waals surface area contributed by atoms with Crippen molar-refractivity contribution in [2.75, 3.05) is 0 Å². The summed E-state index contributed by atoms with van der Waals surface area (Å²) in [6.45, 7) is 8.64. The van der Waals surface area contributed by atoms with Crippen molar-refractivity contribution in [2.24, 2.45) is 5.73 Å². The Morgan fingerprint density at radius 1 is 1.06 bits per heavy atom. The van der Waals surface area contributed by atoms with Crippen LogP contribution >= 0.6 is 0 Å². The first kappa shape index (κ1) is 12.9. The van der Waals surface area contributed by atoms with E-state index in [2.05, 4.69) is 45.0 Å². The Morgan fingerprint density at radius 2 is 1.67 bits per heavy atom. The van der Waals surface area contributed by atoms with Gasteiger partial charge in [-0.2, -0.15) is 0 Å². The molecule has 1 aromatic carbocycles. The van der Waals surface area contributed by atoms with Gasteiger partial charge in [-0.25, -0.2) is 0 Å². The van der Waals surface area contributed by atoms with Crippen molar-refractivity contribution >= 4 is 0 Å². The van der Waals surface area contributed by atoms with Gasteiger partial charge >= 0.3 is 0 Å². The molecule has 18 heavy (non-hydrogen) atoms. The number of hydrogen-bond acceptors (Lipinski definition) is 2. The molecule has 96 valence electrons. The van der Waals surface area contributed by atoms with Crippen LogP contribution in [0.4, 0.5) is 0 Å². The Kier molecular flexibility index (Phi) is 3.31. The molecule has 1 aromatic heterocycles. The Hall–Kier alpha value is -1.54. The van der Waals surface area contributed by atoms with Crippen molar-refractivity contribution in [1.29, 1.82) is 0 Å². The van der Waals surface area contributed by atoms with Crippen molar-refractivity contribution in [1.82, 2.24) is 0 Å². The second kappa shape index (κ2) is 4.62. The average molecular weight is 243 g/mol. The van der Waals surface area contributed by atoms with Crippen molar-refractivity contribution in [3.05, 3.63) is 59.0 Å². The van der Waals surface area contributed by atoms with Gasteiger partial charge < -0.3 is 10.2 Å². The minimum Gasteiger partial charge on any atom is -0.467 e. The third kappa shape index (κ3) is 2.49. The van der Waals surface area contributed by atoms with E-state index in [1.54, 1.807) is 6.26 Å². The number of hydrogen-bond donors (Lipinski definition) is 1. The molecule has 0 aliphatic rings. The molecule has 2 N–H and O–H groups in total. The van der Waals surface area contributed by atoms with E-state index in [-0.39, 0.29) is 11.5 Å². The highest BCUT2D eigenvalue weighted by atomic mass is 16.3. The van der Waals surface area contributed by atoms with Gasteiger partial charge in [0.25, 0.3) is 0 Å². The molecule has 0 radical (unpaired) electrons. The lowest BCUT2D eigenvalue weighted by Crippen LogP contribution is -2.14. The highest BCUT2D eigenvalue weighted by molar-refractivity contribution is 5.34. The molecule has 0 aliphatic heterocycles. The average Bonchev–Trinajstić information content (AvgIpc) is 2.73. The van der Waals surface area contributed by atoms with Gasteiger partial charge in [-0.1, -0.05) is 45.0 Å². The van der Waals surface area contributed by atoms with Crippen molar-refractivity contribution in [3.8, 4) is 0 Å². The summed E-state index contributed by atoms with van der Waals surface area (Å²) in [6.07, 6.45) is 1.69. The summed E-state index contributed by atoms with van der Waals surface area (Å²) in [5.74, 6) is 0.846. The predicted octanol–water partition coefficient (Wildman–Crippen LogP) is 3.93. The maximum absolute atomic E-state index is 6.23. The fraction of sp³-hybridized carbons (Fsp3) is 0.375. The molecule has 2 nitrogen and oxygen atoms in total. The molecule has 0 spiro atoms. The van der Waals surface area contributed by atoms with Gasteiger partial charge in [0.2, 0.25) is 0 Å². The molecule has 1 unspecified atom stereocenters. The van der Waals surface area contributed by atoms with Crippen LogP contribution in [0.1, 0.15) is 49.3 Å². The molecule has 1 heterocycles. The molecule has 2 aromatic rings. The summed E-state index contributed by atoms with van der Waals surface area (Å²) >= 11 is 0. The van der Waals surface area contributed by atoms with Crippen molar-refractivity contribution in [3.63, 3.8) is 0 Å². The molecule has 0 saturated carbocycles. The SMILES string of the molecule is Cc1ccoc1C(N)c1ccc(C(C)(C)C)cc1. The maximum Gasteiger partial charge on any atom is 0.127 e. The third-order valence-electron chi connectivity index (χ3n) is 3.32. The topological polar surface area (TPSA) is 39.2 Å². The Labute approximate surface area is 109 Å². The first-order valence-electron chi connectivity index (χ1n) is 6.29. The number of nitrogens with two attached hydrogens (primary N) is 1. The Bertz CT molecular complexity index is 517. The van der Waals surface area contributed by atoms with Crippen LogP contribution in [0, 0.1) is 6.92 Å². The highest BCUT2D eigenvalue weighted by Crippen LogP contribution is 2.27. The number of benzene rings is 1. The monoisotopic (exact) mass is 243 g/mol. The zero-order valence-corrected chi connectivity index (χ0v) is 11.5. The van der Waals surface area contributed by atoms with Crippen molar-refractivity contribution < 1.29 is 4.42 Å². The lowest BCUT2D eigenvalue weighted by molar-refractivity contribution is 0.486. The quantitative estimate of drug-likeness (QED) is 0.868. The molecule has 0 aliphatic carbocycles. The molecule has 2 heteroatoms. The van der Waals surface area contributed by atoms with Gasteiger partial charge in [0, 0.05) is 0 Å². The molecule has 0 bridgehead atoms. The van der Waals surface area contributed by atoms with E-state index < -0.39 is 0 Å². The summed E-state index contributed by atoms with van der Waals surface area (Å²) < 4.78 is 5.45. The normalized spacial score (nSPS) is 13.6. The fourth-order valence-corrected chi connectivity index (χ4v) is 2.04. The van der Waals surface area contributed by atoms with E-state index in [0.29, 0.717) is 0 Å². The van der Waals surface area contributed by atoms with E-state index in [1.807, 2.05) is 13.0 Å². The molecular weight excluding hydrogens is 222 g/mol. The third-order valence-corrected chi connectivity index (χ3v) is 3.32.